The Morgan fingerprint density at radius 3 is 2.87 bits per heavy atom. The zero-order valence-corrected chi connectivity index (χ0v) is 9.16. The van der Waals surface area contributed by atoms with Crippen LogP contribution in [0.2, 0.25) is 0 Å². The lowest BCUT2D eigenvalue weighted by Crippen LogP contribution is -2.25. The van der Waals surface area contributed by atoms with Gasteiger partial charge in [-0.15, -0.1) is 0 Å². The van der Waals surface area contributed by atoms with Gasteiger partial charge >= 0.3 is 0 Å². The van der Waals surface area contributed by atoms with Crippen LogP contribution in [0.3, 0.4) is 0 Å². The maximum Gasteiger partial charge on any atom is 0.146 e. The van der Waals surface area contributed by atoms with Crippen molar-refractivity contribution in [3.63, 3.8) is 0 Å². The van der Waals surface area contributed by atoms with Crippen molar-refractivity contribution in [2.24, 2.45) is 5.92 Å². The van der Waals surface area contributed by atoms with E-state index in [1.165, 1.54) is 24.0 Å². The Morgan fingerprint density at radius 2 is 2.13 bits per heavy atom. The van der Waals surface area contributed by atoms with Crippen molar-refractivity contribution in [2.75, 3.05) is 0 Å². The Labute approximate surface area is 90.0 Å². The molecule has 0 aromatic carbocycles. The second kappa shape index (κ2) is 3.09. The lowest BCUT2D eigenvalue weighted by atomic mass is 9.96. The Morgan fingerprint density at radius 1 is 1.33 bits per heavy atom. The second-order valence-corrected chi connectivity index (χ2v) is 4.53. The fraction of sp³-hybridized carbons (Fsp3) is 0.462. The van der Waals surface area contributed by atoms with E-state index in [1.807, 2.05) is 18.3 Å². The predicted octanol–water partition coefficient (Wildman–Crippen LogP) is 3.05. The number of hydrogen-bond donors (Lipinski definition) is 0. The molecular weight excluding hydrogens is 186 g/mol. The molecule has 1 fully saturated rings. The molecule has 15 heavy (non-hydrogen) atoms. The second-order valence-electron chi connectivity index (χ2n) is 4.53. The minimum Gasteiger partial charge on any atom is -0.484 e. The van der Waals surface area contributed by atoms with Crippen molar-refractivity contribution < 1.29 is 4.74 Å². The summed E-state index contributed by atoms with van der Waals surface area (Å²) in [4.78, 5) is 4.38. The number of allylic oxidation sites excluding steroid dienone is 1. The molecule has 78 valence electrons. The van der Waals surface area contributed by atoms with Crippen LogP contribution in [0.1, 0.15) is 32.4 Å². The molecule has 2 nitrogen and oxygen atoms in total. The first-order chi connectivity index (χ1) is 7.27. The van der Waals surface area contributed by atoms with E-state index in [2.05, 4.69) is 18.8 Å². The van der Waals surface area contributed by atoms with Gasteiger partial charge in [0.15, 0.2) is 0 Å². The standard InChI is InChI=1S/C13H15NO/c1-8-9(2)13(10-5-6-10)15-11-4-3-7-14-12(8)11/h3-4,7,10,13H,5-6H2,1-2H3. The smallest absolute Gasteiger partial charge is 0.146 e. The number of pyridine rings is 1. The summed E-state index contributed by atoms with van der Waals surface area (Å²) in [5.74, 6) is 1.70. The highest BCUT2D eigenvalue weighted by Gasteiger charge is 2.37. The fourth-order valence-corrected chi connectivity index (χ4v) is 2.24. The van der Waals surface area contributed by atoms with Gasteiger partial charge in [-0.25, -0.2) is 0 Å². The van der Waals surface area contributed by atoms with E-state index in [4.69, 9.17) is 4.74 Å². The Hall–Kier alpha value is -1.31. The number of nitrogens with zero attached hydrogens (tertiary/aromatic N) is 1. The summed E-state index contributed by atoms with van der Waals surface area (Å²) in [7, 11) is 0. The van der Waals surface area contributed by atoms with Crippen molar-refractivity contribution in [1.82, 2.24) is 4.98 Å². The first-order valence-electron chi connectivity index (χ1n) is 5.57. The number of fused-ring (bicyclic) bond motifs is 1. The molecule has 0 bridgehead atoms. The lowest BCUT2D eigenvalue weighted by Gasteiger charge is -2.27. The first kappa shape index (κ1) is 8.96. The highest BCUT2D eigenvalue weighted by molar-refractivity contribution is 5.71. The average molecular weight is 201 g/mol. The number of hydrogen-bond acceptors (Lipinski definition) is 2. The van der Waals surface area contributed by atoms with E-state index in [-0.39, 0.29) is 0 Å². The zero-order chi connectivity index (χ0) is 10.4. The maximum atomic E-state index is 6.02. The van der Waals surface area contributed by atoms with Crippen molar-refractivity contribution in [1.29, 1.82) is 0 Å². The van der Waals surface area contributed by atoms with Crippen LogP contribution in [-0.4, -0.2) is 11.1 Å². The molecule has 2 heterocycles. The highest BCUT2D eigenvalue weighted by Crippen LogP contribution is 2.43. The molecule has 1 aliphatic heterocycles. The molecule has 0 amide bonds. The topological polar surface area (TPSA) is 22.1 Å². The van der Waals surface area contributed by atoms with E-state index in [1.54, 1.807) is 0 Å². The molecule has 0 saturated heterocycles. The normalized spacial score (nSPS) is 24.8. The summed E-state index contributed by atoms with van der Waals surface area (Å²) in [6.07, 6.45) is 4.76. The van der Waals surface area contributed by atoms with Crippen molar-refractivity contribution >= 4 is 5.57 Å². The molecule has 1 unspecified atom stereocenters. The van der Waals surface area contributed by atoms with Gasteiger partial charge in [0, 0.05) is 6.20 Å². The van der Waals surface area contributed by atoms with Gasteiger partial charge in [0.1, 0.15) is 17.5 Å². The van der Waals surface area contributed by atoms with Crippen LogP contribution < -0.4 is 4.74 Å². The molecule has 1 aliphatic carbocycles. The molecule has 3 rings (SSSR count). The third-order valence-corrected chi connectivity index (χ3v) is 3.45. The molecule has 0 radical (unpaired) electrons. The Bertz CT molecular complexity index is 432. The van der Waals surface area contributed by atoms with Crippen LogP contribution in [0.4, 0.5) is 0 Å². The van der Waals surface area contributed by atoms with Gasteiger partial charge in [0.25, 0.3) is 0 Å². The quantitative estimate of drug-likeness (QED) is 0.696. The van der Waals surface area contributed by atoms with Crippen LogP contribution in [-0.2, 0) is 0 Å². The predicted molar refractivity (Wildman–Crippen MR) is 59.6 cm³/mol. The summed E-state index contributed by atoms with van der Waals surface area (Å²) in [5.41, 5.74) is 3.68. The fourth-order valence-electron chi connectivity index (χ4n) is 2.24. The lowest BCUT2D eigenvalue weighted by molar-refractivity contribution is 0.208. The van der Waals surface area contributed by atoms with Crippen LogP contribution in [0, 0.1) is 5.92 Å². The monoisotopic (exact) mass is 201 g/mol. The largest absolute Gasteiger partial charge is 0.484 e. The number of rotatable bonds is 1. The van der Waals surface area contributed by atoms with Crippen molar-refractivity contribution in [3.05, 3.63) is 29.6 Å². The van der Waals surface area contributed by atoms with Crippen LogP contribution in [0.25, 0.3) is 5.57 Å². The summed E-state index contributed by atoms with van der Waals surface area (Å²) in [6, 6.07) is 3.96. The molecule has 1 aromatic rings. The minimum absolute atomic E-state index is 0.307. The molecule has 2 heteroatoms. The summed E-state index contributed by atoms with van der Waals surface area (Å²) in [6.45, 7) is 4.33. The Kier molecular flexibility index (Phi) is 1.84. The van der Waals surface area contributed by atoms with E-state index in [0.29, 0.717) is 6.10 Å². The maximum absolute atomic E-state index is 6.02. The summed E-state index contributed by atoms with van der Waals surface area (Å²) >= 11 is 0. The minimum atomic E-state index is 0.307. The SMILES string of the molecule is CC1=C(C)C(C2CC2)Oc2cccnc21. The van der Waals surface area contributed by atoms with Gasteiger partial charge in [-0.05, 0) is 55.9 Å². The van der Waals surface area contributed by atoms with E-state index in [0.717, 1.165) is 17.4 Å². The highest BCUT2D eigenvalue weighted by atomic mass is 16.5. The number of aromatic nitrogens is 1. The van der Waals surface area contributed by atoms with Gasteiger partial charge in [-0.1, -0.05) is 0 Å². The van der Waals surface area contributed by atoms with Gasteiger partial charge in [-0.2, -0.15) is 0 Å². The van der Waals surface area contributed by atoms with Gasteiger partial charge in [0.2, 0.25) is 0 Å². The summed E-state index contributed by atoms with van der Waals surface area (Å²) in [5, 5.41) is 0. The Balaban J connectivity index is 2.08. The van der Waals surface area contributed by atoms with Gasteiger partial charge in [0.05, 0.1) is 0 Å². The third-order valence-electron chi connectivity index (χ3n) is 3.45. The van der Waals surface area contributed by atoms with E-state index < -0.39 is 0 Å². The molecule has 1 aromatic heterocycles. The van der Waals surface area contributed by atoms with Crippen molar-refractivity contribution in [3.8, 4) is 5.75 Å². The molecule has 0 spiro atoms. The van der Waals surface area contributed by atoms with Gasteiger partial charge < -0.3 is 4.74 Å². The summed E-state index contributed by atoms with van der Waals surface area (Å²) < 4.78 is 6.02. The van der Waals surface area contributed by atoms with Gasteiger partial charge in [-0.3, -0.25) is 4.98 Å². The average Bonchev–Trinajstić information content (AvgIpc) is 3.07. The molecular formula is C13H15NO. The van der Waals surface area contributed by atoms with Crippen LogP contribution >= 0.6 is 0 Å². The third kappa shape index (κ3) is 1.36. The molecule has 1 saturated carbocycles. The van der Waals surface area contributed by atoms with Crippen LogP contribution in [0.15, 0.2) is 23.9 Å². The van der Waals surface area contributed by atoms with E-state index in [9.17, 15) is 0 Å². The zero-order valence-electron chi connectivity index (χ0n) is 9.16. The number of ether oxygens (including phenoxy) is 1. The van der Waals surface area contributed by atoms with Crippen LogP contribution in [0.5, 0.6) is 5.75 Å². The first-order valence-corrected chi connectivity index (χ1v) is 5.57. The van der Waals surface area contributed by atoms with Crippen molar-refractivity contribution in [2.45, 2.75) is 32.8 Å². The molecule has 1 atom stereocenters. The molecule has 0 N–H and O–H groups in total. The molecule has 2 aliphatic rings. The van der Waals surface area contributed by atoms with E-state index >= 15 is 0 Å².